The SMILES string of the molecule is NCC(=O)Nc1cc(Cl)cc2cc(C(=O)O)[nH]c12. The molecule has 1 amide bonds. The van der Waals surface area contributed by atoms with E-state index in [-0.39, 0.29) is 18.1 Å². The summed E-state index contributed by atoms with van der Waals surface area (Å²) in [5, 5.41) is 12.5. The van der Waals surface area contributed by atoms with Crippen LogP contribution in [0.4, 0.5) is 5.69 Å². The maximum atomic E-state index is 11.3. The third-order valence-corrected chi connectivity index (χ3v) is 2.60. The molecule has 0 saturated carbocycles. The molecule has 2 rings (SSSR count). The lowest BCUT2D eigenvalue weighted by molar-refractivity contribution is -0.114. The van der Waals surface area contributed by atoms with Crippen molar-refractivity contribution >= 4 is 40.1 Å². The molecule has 1 heterocycles. The van der Waals surface area contributed by atoms with Crippen LogP contribution >= 0.6 is 11.6 Å². The van der Waals surface area contributed by atoms with Gasteiger partial charge in [0.05, 0.1) is 17.7 Å². The third-order valence-electron chi connectivity index (χ3n) is 2.38. The zero-order valence-electron chi connectivity index (χ0n) is 9.16. The van der Waals surface area contributed by atoms with Crippen molar-refractivity contribution < 1.29 is 14.7 Å². The Kier molecular flexibility index (Phi) is 3.22. The minimum Gasteiger partial charge on any atom is -0.477 e. The highest BCUT2D eigenvalue weighted by molar-refractivity contribution is 6.32. The molecule has 18 heavy (non-hydrogen) atoms. The van der Waals surface area contributed by atoms with E-state index >= 15 is 0 Å². The first kappa shape index (κ1) is 12.4. The van der Waals surface area contributed by atoms with Gasteiger partial charge in [-0.2, -0.15) is 0 Å². The molecule has 0 fully saturated rings. The van der Waals surface area contributed by atoms with Crippen LogP contribution in [-0.2, 0) is 4.79 Å². The fraction of sp³-hybridized carbons (Fsp3) is 0.0909. The van der Waals surface area contributed by atoms with Crippen molar-refractivity contribution in [2.75, 3.05) is 11.9 Å². The average molecular weight is 268 g/mol. The number of carboxylic acid groups (broad SMARTS) is 1. The van der Waals surface area contributed by atoms with E-state index in [0.29, 0.717) is 21.6 Å². The zero-order chi connectivity index (χ0) is 13.3. The summed E-state index contributed by atoms with van der Waals surface area (Å²) in [5.41, 5.74) is 6.13. The minimum absolute atomic E-state index is 0.0236. The molecule has 5 N–H and O–H groups in total. The molecule has 6 nitrogen and oxygen atoms in total. The molecular formula is C11H10ClN3O3. The number of H-pyrrole nitrogens is 1. The lowest BCUT2D eigenvalue weighted by Crippen LogP contribution is -2.21. The topological polar surface area (TPSA) is 108 Å². The van der Waals surface area contributed by atoms with Gasteiger partial charge in [0.25, 0.3) is 0 Å². The summed E-state index contributed by atoms with van der Waals surface area (Å²) in [5.74, 6) is -1.47. The molecule has 0 bridgehead atoms. The van der Waals surface area contributed by atoms with E-state index in [1.807, 2.05) is 0 Å². The Morgan fingerprint density at radius 2 is 2.11 bits per heavy atom. The second kappa shape index (κ2) is 4.67. The fourth-order valence-electron chi connectivity index (χ4n) is 1.62. The van der Waals surface area contributed by atoms with Gasteiger partial charge in [-0.1, -0.05) is 11.6 Å². The van der Waals surface area contributed by atoms with E-state index in [2.05, 4.69) is 10.3 Å². The van der Waals surface area contributed by atoms with Gasteiger partial charge in [0.1, 0.15) is 5.69 Å². The Hall–Kier alpha value is -2.05. The van der Waals surface area contributed by atoms with Crippen LogP contribution in [0.3, 0.4) is 0 Å². The van der Waals surface area contributed by atoms with Crippen molar-refractivity contribution in [3.63, 3.8) is 0 Å². The normalized spacial score (nSPS) is 10.6. The van der Waals surface area contributed by atoms with E-state index < -0.39 is 5.97 Å². The number of carbonyl (C=O) groups is 2. The molecular weight excluding hydrogens is 258 g/mol. The third kappa shape index (κ3) is 2.29. The molecule has 0 aliphatic rings. The largest absolute Gasteiger partial charge is 0.477 e. The number of carbonyl (C=O) groups excluding carboxylic acids is 1. The van der Waals surface area contributed by atoms with Gasteiger partial charge in [0, 0.05) is 10.4 Å². The molecule has 94 valence electrons. The monoisotopic (exact) mass is 267 g/mol. The molecule has 7 heteroatoms. The van der Waals surface area contributed by atoms with Crippen molar-refractivity contribution in [2.24, 2.45) is 5.73 Å². The predicted molar refractivity (Wildman–Crippen MR) is 68.0 cm³/mol. The van der Waals surface area contributed by atoms with Gasteiger partial charge in [0.2, 0.25) is 5.91 Å². The number of anilines is 1. The molecule has 2 aromatic rings. The summed E-state index contributed by atoms with van der Waals surface area (Å²) in [6, 6.07) is 4.58. The molecule has 0 aliphatic carbocycles. The van der Waals surface area contributed by atoms with E-state index in [4.69, 9.17) is 22.4 Å². The van der Waals surface area contributed by atoms with Crippen LogP contribution in [0, 0.1) is 0 Å². The maximum Gasteiger partial charge on any atom is 0.352 e. The number of nitrogens with two attached hydrogens (primary N) is 1. The number of aromatic amines is 1. The van der Waals surface area contributed by atoms with Crippen molar-refractivity contribution in [3.8, 4) is 0 Å². The van der Waals surface area contributed by atoms with Crippen molar-refractivity contribution in [1.82, 2.24) is 4.98 Å². The lowest BCUT2D eigenvalue weighted by atomic mass is 10.2. The maximum absolute atomic E-state index is 11.3. The number of fused-ring (bicyclic) bond motifs is 1. The van der Waals surface area contributed by atoms with Crippen LogP contribution in [0.5, 0.6) is 0 Å². The second-order valence-corrected chi connectivity index (χ2v) is 4.09. The van der Waals surface area contributed by atoms with Crippen LogP contribution in [-0.4, -0.2) is 28.5 Å². The molecule has 0 spiro atoms. The number of amides is 1. The molecule has 0 aliphatic heterocycles. The number of nitrogens with one attached hydrogen (secondary N) is 2. The van der Waals surface area contributed by atoms with Gasteiger partial charge >= 0.3 is 5.97 Å². The highest BCUT2D eigenvalue weighted by atomic mass is 35.5. The quantitative estimate of drug-likeness (QED) is 0.674. The number of halogens is 1. The standard InChI is InChI=1S/C11H10ClN3O3/c12-6-1-5-2-8(11(17)18)15-10(5)7(3-6)14-9(16)4-13/h1-3,15H,4,13H2,(H,14,16)(H,17,18). The van der Waals surface area contributed by atoms with Crippen LogP contribution in [0.25, 0.3) is 10.9 Å². The number of hydrogen-bond acceptors (Lipinski definition) is 3. The van der Waals surface area contributed by atoms with Gasteiger partial charge in [-0.3, -0.25) is 4.79 Å². The van der Waals surface area contributed by atoms with Gasteiger partial charge in [-0.05, 0) is 18.2 Å². The van der Waals surface area contributed by atoms with Gasteiger partial charge < -0.3 is 21.1 Å². The summed E-state index contributed by atoms with van der Waals surface area (Å²) in [7, 11) is 0. The van der Waals surface area contributed by atoms with Crippen LogP contribution in [0.1, 0.15) is 10.5 Å². The first-order valence-electron chi connectivity index (χ1n) is 5.06. The molecule has 0 saturated heterocycles. The molecule has 0 atom stereocenters. The lowest BCUT2D eigenvalue weighted by Gasteiger charge is -2.05. The fourth-order valence-corrected chi connectivity index (χ4v) is 1.85. The molecule has 1 aromatic heterocycles. The number of carboxylic acids is 1. The van der Waals surface area contributed by atoms with E-state index in [1.165, 1.54) is 12.1 Å². The number of aromatic nitrogens is 1. The number of hydrogen-bond donors (Lipinski definition) is 4. The van der Waals surface area contributed by atoms with E-state index in [9.17, 15) is 9.59 Å². The summed E-state index contributed by atoms with van der Waals surface area (Å²) < 4.78 is 0. The van der Waals surface area contributed by atoms with Crippen molar-refractivity contribution in [2.45, 2.75) is 0 Å². The Morgan fingerprint density at radius 1 is 1.39 bits per heavy atom. The summed E-state index contributed by atoms with van der Waals surface area (Å²) >= 11 is 5.90. The summed E-state index contributed by atoms with van der Waals surface area (Å²) in [6.07, 6.45) is 0. The number of aromatic carboxylic acids is 1. The summed E-state index contributed by atoms with van der Waals surface area (Å²) in [6.45, 7) is -0.166. The van der Waals surface area contributed by atoms with E-state index in [1.54, 1.807) is 6.07 Å². The minimum atomic E-state index is -1.08. The highest BCUT2D eigenvalue weighted by Gasteiger charge is 2.12. The first-order valence-corrected chi connectivity index (χ1v) is 5.44. The summed E-state index contributed by atoms with van der Waals surface area (Å²) in [4.78, 5) is 24.8. The molecule has 0 unspecified atom stereocenters. The zero-order valence-corrected chi connectivity index (χ0v) is 9.91. The second-order valence-electron chi connectivity index (χ2n) is 3.66. The number of rotatable bonds is 3. The van der Waals surface area contributed by atoms with Crippen LogP contribution in [0.15, 0.2) is 18.2 Å². The number of benzene rings is 1. The highest BCUT2D eigenvalue weighted by Crippen LogP contribution is 2.28. The molecule has 1 aromatic carbocycles. The average Bonchev–Trinajstić information content (AvgIpc) is 2.72. The first-order chi connectivity index (χ1) is 8.51. The Morgan fingerprint density at radius 3 is 2.72 bits per heavy atom. The van der Waals surface area contributed by atoms with Crippen molar-refractivity contribution in [1.29, 1.82) is 0 Å². The van der Waals surface area contributed by atoms with Crippen molar-refractivity contribution in [3.05, 3.63) is 28.9 Å². The predicted octanol–water partition coefficient (Wildman–Crippen LogP) is 1.42. The Labute approximate surface area is 107 Å². The molecule has 0 radical (unpaired) electrons. The van der Waals surface area contributed by atoms with Crippen LogP contribution < -0.4 is 11.1 Å². The van der Waals surface area contributed by atoms with Gasteiger partial charge in [0.15, 0.2) is 0 Å². The Bertz CT molecular complexity index is 636. The Balaban J connectivity index is 2.57. The van der Waals surface area contributed by atoms with E-state index in [0.717, 1.165) is 0 Å². The smallest absolute Gasteiger partial charge is 0.352 e. The van der Waals surface area contributed by atoms with Crippen LogP contribution in [0.2, 0.25) is 5.02 Å². The van der Waals surface area contributed by atoms with Gasteiger partial charge in [-0.25, -0.2) is 4.79 Å². The van der Waals surface area contributed by atoms with Gasteiger partial charge in [-0.15, -0.1) is 0 Å².